The number of aromatic nitrogens is 1. The number of hydrogen-bond acceptors (Lipinski definition) is 3. The van der Waals surface area contributed by atoms with Crippen molar-refractivity contribution in [3.8, 4) is 0 Å². The van der Waals surface area contributed by atoms with Crippen LogP contribution in [-0.2, 0) is 30.2 Å². The average molecular weight is 319 g/mol. The van der Waals surface area contributed by atoms with E-state index in [0.29, 0.717) is 13.1 Å². The second-order valence-electron chi connectivity index (χ2n) is 5.78. The van der Waals surface area contributed by atoms with Crippen LogP contribution in [0.25, 0.3) is 0 Å². The number of para-hydroxylation sites is 1. The molecule has 6 heteroatoms. The van der Waals surface area contributed by atoms with Gasteiger partial charge in [-0.15, -0.1) is 0 Å². The van der Waals surface area contributed by atoms with Crippen LogP contribution in [-0.4, -0.2) is 37.2 Å². The van der Waals surface area contributed by atoms with Crippen LogP contribution in [0.1, 0.15) is 11.3 Å². The van der Waals surface area contributed by atoms with Gasteiger partial charge in [-0.2, -0.15) is 0 Å². The Balaban J connectivity index is 1.90. The van der Waals surface area contributed by atoms with Gasteiger partial charge in [-0.25, -0.2) is 8.42 Å². The number of anilines is 1. The molecule has 1 aliphatic heterocycles. The molecule has 0 N–H and O–H groups in total. The van der Waals surface area contributed by atoms with Crippen molar-refractivity contribution < 1.29 is 8.42 Å². The molecular weight excluding hydrogens is 298 g/mol. The van der Waals surface area contributed by atoms with E-state index in [1.165, 1.54) is 16.3 Å². The molecule has 0 saturated heterocycles. The lowest BCUT2D eigenvalue weighted by molar-refractivity contribution is 0.264. The van der Waals surface area contributed by atoms with Gasteiger partial charge in [0.15, 0.2) is 0 Å². The van der Waals surface area contributed by atoms with E-state index in [-0.39, 0.29) is 0 Å². The third-order valence-corrected chi connectivity index (χ3v) is 5.29. The van der Waals surface area contributed by atoms with Crippen molar-refractivity contribution in [3.05, 3.63) is 53.9 Å². The lowest BCUT2D eigenvalue weighted by Crippen LogP contribution is -2.35. The fourth-order valence-corrected chi connectivity index (χ4v) is 3.88. The van der Waals surface area contributed by atoms with Gasteiger partial charge in [0.2, 0.25) is 10.0 Å². The number of rotatable bonds is 3. The molecule has 0 fully saturated rings. The van der Waals surface area contributed by atoms with Crippen LogP contribution < -0.4 is 4.31 Å². The number of benzene rings is 1. The highest BCUT2D eigenvalue weighted by Crippen LogP contribution is 2.27. The predicted molar refractivity (Wildman–Crippen MR) is 88.2 cm³/mol. The normalized spacial score (nSPS) is 16.4. The Morgan fingerprint density at radius 2 is 1.86 bits per heavy atom. The maximum atomic E-state index is 12.1. The van der Waals surface area contributed by atoms with Gasteiger partial charge >= 0.3 is 0 Å². The van der Waals surface area contributed by atoms with E-state index in [4.69, 9.17) is 0 Å². The Morgan fingerprint density at radius 1 is 1.09 bits per heavy atom. The highest BCUT2D eigenvalue weighted by atomic mass is 32.2. The Labute approximate surface area is 131 Å². The van der Waals surface area contributed by atoms with Crippen LogP contribution in [0.2, 0.25) is 0 Å². The summed E-state index contributed by atoms with van der Waals surface area (Å²) in [4.78, 5) is 2.29. The summed E-state index contributed by atoms with van der Waals surface area (Å²) in [6.07, 6.45) is 3.31. The number of sulfonamides is 1. The Hall–Kier alpha value is -1.79. The second-order valence-corrected chi connectivity index (χ2v) is 7.69. The largest absolute Gasteiger partial charge is 0.353 e. The summed E-state index contributed by atoms with van der Waals surface area (Å²) in [5.41, 5.74) is 3.09. The number of nitrogens with zero attached hydrogens (tertiary/aromatic N) is 3. The Bertz CT molecular complexity index is 767. The van der Waals surface area contributed by atoms with Crippen molar-refractivity contribution in [2.45, 2.75) is 13.1 Å². The van der Waals surface area contributed by atoms with E-state index >= 15 is 0 Å². The first-order chi connectivity index (χ1) is 10.4. The van der Waals surface area contributed by atoms with Gasteiger partial charge in [0.05, 0.1) is 11.9 Å². The quantitative estimate of drug-likeness (QED) is 0.867. The summed E-state index contributed by atoms with van der Waals surface area (Å²) in [6.45, 7) is 2.77. The van der Waals surface area contributed by atoms with Gasteiger partial charge in [-0.3, -0.25) is 9.21 Å². The van der Waals surface area contributed by atoms with Gasteiger partial charge in [-0.1, -0.05) is 18.2 Å². The molecule has 0 bridgehead atoms. The number of hydrogen-bond donors (Lipinski definition) is 0. The minimum Gasteiger partial charge on any atom is -0.353 e. The molecular formula is C16H21N3O2S. The van der Waals surface area contributed by atoms with Crippen molar-refractivity contribution in [2.24, 2.45) is 7.05 Å². The molecule has 0 spiro atoms. The SMILES string of the molecule is Cn1cccc1CN1CCN(S(C)(=O)=O)c2ccccc2C1. The fourth-order valence-electron chi connectivity index (χ4n) is 2.93. The average Bonchev–Trinajstić information content (AvgIpc) is 2.75. The van der Waals surface area contributed by atoms with E-state index in [2.05, 4.69) is 15.5 Å². The van der Waals surface area contributed by atoms with Gasteiger partial charge in [-0.05, 0) is 23.8 Å². The molecule has 1 aliphatic rings. The van der Waals surface area contributed by atoms with E-state index in [9.17, 15) is 8.42 Å². The van der Waals surface area contributed by atoms with Crippen molar-refractivity contribution in [2.75, 3.05) is 23.7 Å². The monoisotopic (exact) mass is 319 g/mol. The standard InChI is InChI=1S/C16H21N3O2S/c1-17-9-5-7-15(17)13-18-10-11-19(22(2,20)21)16-8-4-3-6-14(16)12-18/h3-9H,10-13H2,1-2H3. The highest BCUT2D eigenvalue weighted by molar-refractivity contribution is 7.92. The molecule has 1 aromatic heterocycles. The molecule has 0 unspecified atom stereocenters. The summed E-state index contributed by atoms with van der Waals surface area (Å²) in [5.74, 6) is 0. The highest BCUT2D eigenvalue weighted by Gasteiger charge is 2.25. The summed E-state index contributed by atoms with van der Waals surface area (Å²) in [7, 11) is -1.22. The number of fused-ring (bicyclic) bond motifs is 1. The summed E-state index contributed by atoms with van der Waals surface area (Å²) >= 11 is 0. The topological polar surface area (TPSA) is 45.5 Å². The first kappa shape index (κ1) is 15.1. The van der Waals surface area contributed by atoms with E-state index < -0.39 is 10.0 Å². The lowest BCUT2D eigenvalue weighted by atomic mass is 10.1. The smallest absolute Gasteiger partial charge is 0.232 e. The maximum absolute atomic E-state index is 12.1. The zero-order valence-corrected chi connectivity index (χ0v) is 13.8. The zero-order chi connectivity index (χ0) is 15.7. The van der Waals surface area contributed by atoms with Gasteiger partial charge < -0.3 is 4.57 Å². The summed E-state index contributed by atoms with van der Waals surface area (Å²) < 4.78 is 27.8. The van der Waals surface area contributed by atoms with Gasteiger partial charge in [0.25, 0.3) is 0 Å². The van der Waals surface area contributed by atoms with E-state index in [0.717, 1.165) is 24.3 Å². The lowest BCUT2D eigenvalue weighted by Gasteiger charge is -2.22. The van der Waals surface area contributed by atoms with Crippen LogP contribution >= 0.6 is 0 Å². The Morgan fingerprint density at radius 3 is 2.55 bits per heavy atom. The molecule has 2 heterocycles. The molecule has 0 atom stereocenters. The van der Waals surface area contributed by atoms with Gasteiger partial charge in [0, 0.05) is 45.1 Å². The molecule has 0 aliphatic carbocycles. The molecule has 0 radical (unpaired) electrons. The van der Waals surface area contributed by atoms with Crippen LogP contribution in [0, 0.1) is 0 Å². The second kappa shape index (κ2) is 5.78. The molecule has 118 valence electrons. The molecule has 2 aromatic rings. The van der Waals surface area contributed by atoms with Crippen LogP contribution in [0.15, 0.2) is 42.6 Å². The first-order valence-electron chi connectivity index (χ1n) is 7.33. The van der Waals surface area contributed by atoms with Crippen LogP contribution in [0.3, 0.4) is 0 Å². The zero-order valence-electron chi connectivity index (χ0n) is 12.9. The molecule has 0 amide bonds. The maximum Gasteiger partial charge on any atom is 0.232 e. The first-order valence-corrected chi connectivity index (χ1v) is 9.18. The minimum atomic E-state index is -3.25. The minimum absolute atomic E-state index is 0.486. The molecule has 22 heavy (non-hydrogen) atoms. The van der Waals surface area contributed by atoms with Crippen molar-refractivity contribution in [3.63, 3.8) is 0 Å². The van der Waals surface area contributed by atoms with Crippen LogP contribution in [0.4, 0.5) is 5.69 Å². The fraction of sp³-hybridized carbons (Fsp3) is 0.375. The third-order valence-electron chi connectivity index (χ3n) is 4.11. The van der Waals surface area contributed by atoms with Gasteiger partial charge in [0.1, 0.15) is 0 Å². The van der Waals surface area contributed by atoms with E-state index in [1.807, 2.05) is 43.6 Å². The Kier molecular flexibility index (Phi) is 3.97. The third kappa shape index (κ3) is 3.03. The van der Waals surface area contributed by atoms with Crippen LogP contribution in [0.5, 0.6) is 0 Å². The number of aryl methyl sites for hydroxylation is 1. The molecule has 5 nitrogen and oxygen atoms in total. The predicted octanol–water partition coefficient (Wildman–Crippen LogP) is 1.81. The van der Waals surface area contributed by atoms with Crippen molar-refractivity contribution in [1.29, 1.82) is 0 Å². The molecule has 1 aromatic carbocycles. The van der Waals surface area contributed by atoms with E-state index in [1.54, 1.807) is 0 Å². The molecule has 0 saturated carbocycles. The van der Waals surface area contributed by atoms with Crippen molar-refractivity contribution >= 4 is 15.7 Å². The van der Waals surface area contributed by atoms with Crippen molar-refractivity contribution in [1.82, 2.24) is 9.47 Å². The summed E-state index contributed by atoms with van der Waals surface area (Å²) in [5, 5.41) is 0. The molecule has 3 rings (SSSR count). The summed E-state index contributed by atoms with van der Waals surface area (Å²) in [6, 6.07) is 11.9.